The first-order valence-corrected chi connectivity index (χ1v) is 20.3. The van der Waals surface area contributed by atoms with Crippen molar-refractivity contribution in [2.24, 2.45) is 0 Å². The summed E-state index contributed by atoms with van der Waals surface area (Å²) in [5.74, 6) is -1.55. The minimum Gasteiger partial charge on any atom is -0.387 e. The lowest BCUT2D eigenvalue weighted by Crippen LogP contribution is -2.50. The minimum atomic E-state index is -4.44. The van der Waals surface area contributed by atoms with E-state index in [9.17, 15) is 28.0 Å². The molecule has 0 aromatic carbocycles. The third-order valence-corrected chi connectivity index (χ3v) is 9.27. The highest BCUT2D eigenvalue weighted by atomic mass is 32.2. The number of carbonyl (C=O) groups excluding carboxylic acids is 1. The molecule has 0 aromatic heterocycles. The second-order valence-corrected chi connectivity index (χ2v) is 14.5. The van der Waals surface area contributed by atoms with Gasteiger partial charge in [0.05, 0.1) is 17.9 Å². The van der Waals surface area contributed by atoms with Crippen LogP contribution < -0.4 is 5.32 Å². The summed E-state index contributed by atoms with van der Waals surface area (Å²) in [5.41, 5.74) is 0. The molecule has 0 rings (SSSR count). The normalized spacial score (nSPS) is 14.3. The van der Waals surface area contributed by atoms with Crippen molar-refractivity contribution in [2.45, 2.75) is 199 Å². The molecule has 0 saturated carbocycles. The van der Waals surface area contributed by atoms with Crippen molar-refractivity contribution in [1.82, 2.24) is 5.32 Å². The number of hydrogen-bond acceptors (Lipinski definition) is 5. The molecule has 266 valence electrons. The fourth-order valence-electron chi connectivity index (χ4n) is 5.59. The maximum absolute atomic E-state index is 12.5. The molecule has 0 heterocycles. The van der Waals surface area contributed by atoms with Crippen molar-refractivity contribution < 1.29 is 28.0 Å². The van der Waals surface area contributed by atoms with Crippen LogP contribution in [-0.4, -0.2) is 53.1 Å². The van der Waals surface area contributed by atoms with Crippen LogP contribution in [0.25, 0.3) is 0 Å². The van der Waals surface area contributed by atoms with Gasteiger partial charge in [-0.3, -0.25) is 9.35 Å². The summed E-state index contributed by atoms with van der Waals surface area (Å²) in [6, 6.07) is -1.24. The summed E-state index contributed by atoms with van der Waals surface area (Å²) < 4.78 is 32.4. The molecule has 45 heavy (non-hydrogen) atoms. The first kappa shape index (κ1) is 43.8. The molecular formula is C37H71NO6S. The Hall–Kier alpha value is -1.22. The average Bonchev–Trinajstić information content (AvgIpc) is 3.00. The zero-order valence-electron chi connectivity index (χ0n) is 29.1. The van der Waals surface area contributed by atoms with E-state index in [1.54, 1.807) is 6.08 Å². The molecule has 0 aliphatic rings. The standard InChI is InChI=1S/C37H71NO6S/c1-3-5-7-9-11-13-15-16-17-18-19-20-22-23-25-27-29-31-35(39)34(33-45(42,43)44)38-37(41)36(40)32-30-28-26-24-21-14-12-10-8-6-4-2/h22-23,29,31,34-36,39-40H,3-21,24-28,30,32-33H2,1-2H3,(H,38,41)(H,42,43,44)/b23-22+,31-29+. The average molecular weight is 658 g/mol. The molecule has 7 nitrogen and oxygen atoms in total. The molecule has 8 heteroatoms. The highest BCUT2D eigenvalue weighted by Gasteiger charge is 2.27. The lowest BCUT2D eigenvalue weighted by Gasteiger charge is -2.22. The molecule has 3 atom stereocenters. The molecule has 0 spiro atoms. The first-order valence-electron chi connectivity index (χ1n) is 18.6. The molecule has 0 bridgehead atoms. The number of unbranched alkanes of at least 4 members (excludes halogenated alkanes) is 22. The van der Waals surface area contributed by atoms with E-state index >= 15 is 0 Å². The van der Waals surface area contributed by atoms with Crippen LogP contribution in [0.1, 0.15) is 181 Å². The number of rotatable bonds is 33. The molecule has 0 aliphatic heterocycles. The third-order valence-electron chi connectivity index (χ3n) is 8.49. The quantitative estimate of drug-likeness (QED) is 0.0317. The van der Waals surface area contributed by atoms with Gasteiger partial charge in [-0.2, -0.15) is 8.42 Å². The van der Waals surface area contributed by atoms with E-state index in [0.717, 1.165) is 32.1 Å². The Morgan fingerprint density at radius 1 is 0.600 bits per heavy atom. The van der Waals surface area contributed by atoms with Gasteiger partial charge in [0.25, 0.3) is 10.1 Å². The highest BCUT2D eigenvalue weighted by molar-refractivity contribution is 7.85. The predicted molar refractivity (Wildman–Crippen MR) is 190 cm³/mol. The molecule has 0 radical (unpaired) electrons. The fourth-order valence-corrected chi connectivity index (χ4v) is 6.32. The summed E-state index contributed by atoms with van der Waals surface area (Å²) in [7, 11) is -4.44. The van der Waals surface area contributed by atoms with Gasteiger partial charge >= 0.3 is 0 Å². The Morgan fingerprint density at radius 3 is 1.47 bits per heavy atom. The van der Waals surface area contributed by atoms with Crippen LogP contribution in [0.15, 0.2) is 24.3 Å². The molecule has 0 aromatic rings. The van der Waals surface area contributed by atoms with Crippen LogP contribution in [-0.2, 0) is 14.9 Å². The highest BCUT2D eigenvalue weighted by Crippen LogP contribution is 2.14. The SMILES string of the molecule is CCCCCCCCCCCCC/C=C/CC/C=C/C(O)C(CS(=O)(=O)O)NC(=O)C(O)CCCCCCCCCCCCC. The lowest BCUT2D eigenvalue weighted by atomic mass is 10.0. The maximum Gasteiger partial charge on any atom is 0.267 e. The summed E-state index contributed by atoms with van der Waals surface area (Å²) in [6.07, 6.45) is 35.2. The van der Waals surface area contributed by atoms with Gasteiger partial charge in [0.2, 0.25) is 5.91 Å². The van der Waals surface area contributed by atoms with Crippen molar-refractivity contribution in [3.8, 4) is 0 Å². The molecule has 1 amide bonds. The van der Waals surface area contributed by atoms with Crippen molar-refractivity contribution in [1.29, 1.82) is 0 Å². The van der Waals surface area contributed by atoms with E-state index in [4.69, 9.17) is 0 Å². The van der Waals surface area contributed by atoms with Gasteiger partial charge < -0.3 is 15.5 Å². The van der Waals surface area contributed by atoms with Crippen LogP contribution in [0.2, 0.25) is 0 Å². The second kappa shape index (κ2) is 31.4. The number of hydrogen-bond donors (Lipinski definition) is 4. The summed E-state index contributed by atoms with van der Waals surface area (Å²) in [4.78, 5) is 12.5. The minimum absolute atomic E-state index is 0.277. The Morgan fingerprint density at radius 2 is 1.00 bits per heavy atom. The van der Waals surface area contributed by atoms with Gasteiger partial charge in [-0.1, -0.05) is 173 Å². The molecule has 3 unspecified atom stereocenters. The van der Waals surface area contributed by atoms with Gasteiger partial charge in [-0.05, 0) is 32.1 Å². The summed E-state index contributed by atoms with van der Waals surface area (Å²) >= 11 is 0. The van der Waals surface area contributed by atoms with Crippen molar-refractivity contribution in [2.75, 3.05) is 5.75 Å². The number of amides is 1. The van der Waals surface area contributed by atoms with Crippen molar-refractivity contribution in [3.63, 3.8) is 0 Å². The summed E-state index contributed by atoms with van der Waals surface area (Å²) in [6.45, 7) is 4.48. The molecule has 4 N–H and O–H groups in total. The van der Waals surface area contributed by atoms with E-state index < -0.39 is 40.0 Å². The van der Waals surface area contributed by atoms with Gasteiger partial charge in [0, 0.05) is 0 Å². The largest absolute Gasteiger partial charge is 0.387 e. The zero-order chi connectivity index (χ0) is 33.4. The number of allylic oxidation sites excluding steroid dienone is 3. The third kappa shape index (κ3) is 31.2. The number of aliphatic hydroxyl groups excluding tert-OH is 2. The number of carbonyl (C=O) groups is 1. The monoisotopic (exact) mass is 658 g/mol. The van der Waals surface area contributed by atoms with Crippen LogP contribution in [0.5, 0.6) is 0 Å². The first-order chi connectivity index (χ1) is 21.7. The van der Waals surface area contributed by atoms with E-state index in [1.165, 1.54) is 122 Å². The fraction of sp³-hybridized carbons (Fsp3) is 0.865. The van der Waals surface area contributed by atoms with Crippen LogP contribution in [0.3, 0.4) is 0 Å². The smallest absolute Gasteiger partial charge is 0.267 e. The molecular weight excluding hydrogens is 586 g/mol. The zero-order valence-corrected chi connectivity index (χ0v) is 29.9. The lowest BCUT2D eigenvalue weighted by molar-refractivity contribution is -0.130. The number of nitrogens with one attached hydrogen (secondary N) is 1. The Bertz CT molecular complexity index is 829. The Kier molecular flexibility index (Phi) is 30.5. The van der Waals surface area contributed by atoms with E-state index in [2.05, 4.69) is 31.3 Å². The van der Waals surface area contributed by atoms with Gasteiger partial charge in [-0.15, -0.1) is 0 Å². The topological polar surface area (TPSA) is 124 Å². The van der Waals surface area contributed by atoms with Crippen molar-refractivity contribution in [3.05, 3.63) is 24.3 Å². The second-order valence-electron chi connectivity index (χ2n) is 13.0. The Labute approximate surface area is 277 Å². The van der Waals surface area contributed by atoms with E-state index in [0.29, 0.717) is 12.8 Å². The van der Waals surface area contributed by atoms with Crippen molar-refractivity contribution >= 4 is 16.0 Å². The Balaban J connectivity index is 4.15. The van der Waals surface area contributed by atoms with Gasteiger partial charge in [0.15, 0.2) is 0 Å². The molecule has 0 fully saturated rings. The van der Waals surface area contributed by atoms with Crippen LogP contribution in [0, 0.1) is 0 Å². The molecule has 0 saturated heterocycles. The summed E-state index contributed by atoms with van der Waals surface area (Å²) in [5, 5.41) is 23.2. The van der Waals surface area contributed by atoms with Crippen LogP contribution in [0.4, 0.5) is 0 Å². The van der Waals surface area contributed by atoms with E-state index in [-0.39, 0.29) is 6.42 Å². The molecule has 0 aliphatic carbocycles. The van der Waals surface area contributed by atoms with Gasteiger partial charge in [-0.25, -0.2) is 0 Å². The van der Waals surface area contributed by atoms with Crippen LogP contribution >= 0.6 is 0 Å². The predicted octanol–water partition coefficient (Wildman–Crippen LogP) is 9.38. The number of aliphatic hydroxyl groups is 2. The van der Waals surface area contributed by atoms with Gasteiger partial charge in [0.1, 0.15) is 6.10 Å². The van der Waals surface area contributed by atoms with E-state index in [1.807, 2.05) is 0 Å². The maximum atomic E-state index is 12.5.